The summed E-state index contributed by atoms with van der Waals surface area (Å²) in [6, 6.07) is 27.5. The van der Waals surface area contributed by atoms with Gasteiger partial charge in [0.05, 0.1) is 13.3 Å². The Morgan fingerprint density at radius 1 is 0.952 bits per heavy atom. The Morgan fingerprint density at radius 3 is 2.38 bits per heavy atom. The molecule has 0 radical (unpaired) electrons. The summed E-state index contributed by atoms with van der Waals surface area (Å²) in [7, 11) is 1.62. The normalized spacial score (nSPS) is 13.2. The lowest BCUT2D eigenvalue weighted by atomic mass is 9.85. The van der Waals surface area contributed by atoms with E-state index in [-0.39, 0.29) is 24.0 Å². The first-order chi connectivity index (χ1) is 20.6. The summed E-state index contributed by atoms with van der Waals surface area (Å²) in [4.78, 5) is 29.1. The highest BCUT2D eigenvalue weighted by molar-refractivity contribution is 5.92. The molecule has 0 saturated carbocycles. The number of methoxy groups -OCH3 is 1. The maximum Gasteiger partial charge on any atom is 0.278 e. The summed E-state index contributed by atoms with van der Waals surface area (Å²) >= 11 is 0. The van der Waals surface area contributed by atoms with Crippen molar-refractivity contribution in [1.29, 1.82) is 0 Å². The fourth-order valence-corrected chi connectivity index (χ4v) is 5.12. The van der Waals surface area contributed by atoms with Crippen LogP contribution in [0.5, 0.6) is 11.5 Å². The van der Waals surface area contributed by atoms with E-state index >= 15 is 0 Å². The summed E-state index contributed by atoms with van der Waals surface area (Å²) in [5.74, 6) is 0.456. The number of hydrogen-bond acceptors (Lipinski definition) is 5. The van der Waals surface area contributed by atoms with Crippen molar-refractivity contribution in [2.75, 3.05) is 13.7 Å². The maximum absolute atomic E-state index is 14.0. The second kappa shape index (κ2) is 14.1. The van der Waals surface area contributed by atoms with E-state index in [1.807, 2.05) is 72.8 Å². The molecule has 1 amide bonds. The number of ether oxygens (including phenoxy) is 2. The van der Waals surface area contributed by atoms with E-state index in [1.54, 1.807) is 12.0 Å². The first kappa shape index (κ1) is 28.6. The summed E-state index contributed by atoms with van der Waals surface area (Å²) in [5, 5.41) is 6.81. The number of carbonyl (C=O) groups excluding carboxylic acids is 1. The topological polar surface area (TPSA) is 84.5 Å². The smallest absolute Gasteiger partial charge is 0.278 e. The Morgan fingerprint density at radius 2 is 1.69 bits per heavy atom. The fourth-order valence-electron chi connectivity index (χ4n) is 5.12. The average molecular weight is 562 g/mol. The fraction of sp³-hybridized carbons (Fsp3) is 0.229. The van der Waals surface area contributed by atoms with Gasteiger partial charge in [0.25, 0.3) is 11.3 Å². The molecule has 4 aromatic rings. The van der Waals surface area contributed by atoms with Crippen LogP contribution < -0.4 is 14.9 Å². The number of nitrogens with one attached hydrogen (secondary N) is 1. The number of carbonyl (C=O) groups is 1. The zero-order chi connectivity index (χ0) is 29.1. The summed E-state index contributed by atoms with van der Waals surface area (Å²) in [6.45, 7) is 0.944. The minimum atomic E-state index is -0.535. The van der Waals surface area contributed by atoms with Gasteiger partial charge in [0.15, 0.2) is 11.4 Å². The predicted molar refractivity (Wildman–Crippen MR) is 164 cm³/mol. The molecule has 7 heteroatoms. The third kappa shape index (κ3) is 7.23. The molecule has 1 heterocycles. The molecular weight excluding hydrogens is 526 g/mol. The van der Waals surface area contributed by atoms with Gasteiger partial charge in [-0.1, -0.05) is 91.0 Å². The van der Waals surface area contributed by atoms with E-state index < -0.39 is 11.3 Å². The van der Waals surface area contributed by atoms with Gasteiger partial charge in [0, 0.05) is 19.0 Å². The molecule has 3 aromatic carbocycles. The number of amides is 1. The van der Waals surface area contributed by atoms with Gasteiger partial charge in [-0.15, -0.1) is 0 Å². The van der Waals surface area contributed by atoms with E-state index in [1.165, 1.54) is 17.3 Å². The van der Waals surface area contributed by atoms with Crippen LogP contribution in [0.4, 0.5) is 0 Å². The molecule has 0 bridgehead atoms. The van der Waals surface area contributed by atoms with Crippen LogP contribution in [0.1, 0.15) is 52.4 Å². The third-order valence-electron chi connectivity index (χ3n) is 7.39. The number of nitrogens with zero attached hydrogens (tertiary/aromatic N) is 2. The first-order valence-electron chi connectivity index (χ1n) is 14.2. The van der Waals surface area contributed by atoms with Gasteiger partial charge < -0.3 is 14.4 Å². The number of allylic oxidation sites excluding steroid dienone is 4. The molecule has 1 aromatic heterocycles. The zero-order valence-electron chi connectivity index (χ0n) is 23.7. The molecule has 214 valence electrons. The van der Waals surface area contributed by atoms with Gasteiger partial charge in [-0.25, -0.2) is 0 Å². The Labute approximate surface area is 246 Å². The molecule has 1 aliphatic carbocycles. The highest BCUT2D eigenvalue weighted by Crippen LogP contribution is 2.32. The van der Waals surface area contributed by atoms with Crippen LogP contribution >= 0.6 is 0 Å². The third-order valence-corrected chi connectivity index (χ3v) is 7.39. The van der Waals surface area contributed by atoms with Gasteiger partial charge in [0.2, 0.25) is 0 Å². The molecule has 0 aliphatic heterocycles. The highest BCUT2D eigenvalue weighted by atomic mass is 16.5. The van der Waals surface area contributed by atoms with E-state index in [4.69, 9.17) is 9.47 Å². The van der Waals surface area contributed by atoms with Crippen LogP contribution in [0, 0.1) is 0 Å². The van der Waals surface area contributed by atoms with Crippen molar-refractivity contribution >= 4 is 5.91 Å². The minimum absolute atomic E-state index is 0.0567. The summed E-state index contributed by atoms with van der Waals surface area (Å²) in [6.07, 6.45) is 10.8. The van der Waals surface area contributed by atoms with Gasteiger partial charge in [-0.2, -0.15) is 5.10 Å². The largest absolute Gasteiger partial charge is 0.497 e. The molecule has 5 rings (SSSR count). The molecule has 1 N–H and O–H groups in total. The Kier molecular flexibility index (Phi) is 9.62. The van der Waals surface area contributed by atoms with Gasteiger partial charge in [-0.3, -0.25) is 14.7 Å². The van der Waals surface area contributed by atoms with E-state index in [2.05, 4.69) is 40.6 Å². The van der Waals surface area contributed by atoms with Crippen LogP contribution in [0.15, 0.2) is 120 Å². The molecule has 0 fully saturated rings. The number of aromatic amines is 1. The minimum Gasteiger partial charge on any atom is -0.497 e. The SMILES string of the molecule is COc1ccc(CN(CCC(C2=CCCC=C2)c2ccccc2)C(=O)c2n[nH]cc(OCc3ccccc3)c2=O)cc1. The van der Waals surface area contributed by atoms with Gasteiger partial charge >= 0.3 is 0 Å². The maximum atomic E-state index is 14.0. The Hall–Kier alpha value is -4.91. The summed E-state index contributed by atoms with van der Waals surface area (Å²) < 4.78 is 11.1. The molecule has 1 atom stereocenters. The van der Waals surface area contributed by atoms with Crippen molar-refractivity contribution in [2.45, 2.75) is 38.3 Å². The molecule has 0 saturated heterocycles. The van der Waals surface area contributed by atoms with Crippen molar-refractivity contribution in [3.8, 4) is 11.5 Å². The van der Waals surface area contributed by atoms with E-state index in [9.17, 15) is 9.59 Å². The molecule has 1 aliphatic rings. The first-order valence-corrected chi connectivity index (χ1v) is 14.2. The van der Waals surface area contributed by atoms with Crippen molar-refractivity contribution in [3.05, 3.63) is 148 Å². The van der Waals surface area contributed by atoms with Crippen molar-refractivity contribution < 1.29 is 14.3 Å². The molecule has 0 spiro atoms. The van der Waals surface area contributed by atoms with Crippen LogP contribution in [-0.4, -0.2) is 34.7 Å². The zero-order valence-corrected chi connectivity index (χ0v) is 23.7. The lowest BCUT2D eigenvalue weighted by Gasteiger charge is -2.27. The Bertz CT molecular complexity index is 1580. The van der Waals surface area contributed by atoms with Crippen molar-refractivity contribution in [1.82, 2.24) is 15.1 Å². The molecule has 1 unspecified atom stereocenters. The van der Waals surface area contributed by atoms with E-state index in [0.717, 1.165) is 29.7 Å². The lowest BCUT2D eigenvalue weighted by molar-refractivity contribution is 0.0729. The number of aromatic nitrogens is 2. The van der Waals surface area contributed by atoms with Gasteiger partial charge in [-0.05, 0) is 53.7 Å². The van der Waals surface area contributed by atoms with E-state index in [0.29, 0.717) is 19.5 Å². The average Bonchev–Trinajstić information content (AvgIpc) is 3.05. The number of rotatable bonds is 12. The van der Waals surface area contributed by atoms with Crippen molar-refractivity contribution in [2.24, 2.45) is 0 Å². The predicted octanol–water partition coefficient (Wildman–Crippen LogP) is 6.45. The van der Waals surface area contributed by atoms with Crippen molar-refractivity contribution in [3.63, 3.8) is 0 Å². The standard InChI is InChI=1S/C35H35N3O4/c1-41-30-19-17-26(18-20-30)24-38(22-21-31(28-13-7-3-8-14-28)29-15-9-4-10-16-29)35(40)33-34(39)32(23-36-37-33)42-25-27-11-5-2-6-12-27/h2-3,5-9,11-20,23,31H,4,10,21-22,24-25H2,1H3,(H,36,39). The monoisotopic (exact) mass is 561 g/mol. The molecular formula is C35H35N3O4. The lowest BCUT2D eigenvalue weighted by Crippen LogP contribution is -2.36. The number of benzene rings is 3. The molecule has 42 heavy (non-hydrogen) atoms. The quantitative estimate of drug-likeness (QED) is 0.215. The van der Waals surface area contributed by atoms with Crippen LogP contribution in [0.25, 0.3) is 0 Å². The Balaban J connectivity index is 1.41. The van der Waals surface area contributed by atoms with Gasteiger partial charge in [0.1, 0.15) is 12.4 Å². The second-order valence-electron chi connectivity index (χ2n) is 10.2. The van der Waals surface area contributed by atoms with Crippen LogP contribution in [-0.2, 0) is 13.2 Å². The second-order valence-corrected chi connectivity index (χ2v) is 10.2. The number of H-pyrrole nitrogens is 1. The summed E-state index contributed by atoms with van der Waals surface area (Å²) in [5.41, 5.74) is 3.55. The number of hydrogen-bond donors (Lipinski definition) is 1. The molecule has 7 nitrogen and oxygen atoms in total. The highest BCUT2D eigenvalue weighted by Gasteiger charge is 2.25. The van der Waals surface area contributed by atoms with Crippen LogP contribution in [0.3, 0.4) is 0 Å². The van der Waals surface area contributed by atoms with Crippen LogP contribution in [0.2, 0.25) is 0 Å².